The second-order valence-electron chi connectivity index (χ2n) is 7.49. The van der Waals surface area contributed by atoms with E-state index in [9.17, 15) is 13.6 Å². The summed E-state index contributed by atoms with van der Waals surface area (Å²) in [5, 5.41) is 5.65. The Labute approximate surface area is 199 Å². The molecule has 0 fully saturated rings. The van der Waals surface area contributed by atoms with Gasteiger partial charge in [0.1, 0.15) is 5.82 Å². The van der Waals surface area contributed by atoms with Crippen LogP contribution in [0.25, 0.3) is 11.3 Å². The van der Waals surface area contributed by atoms with E-state index in [1.165, 1.54) is 36.3 Å². The SMILES string of the molecule is CSc1cnc(Nc2ccc(C(=O)Nc3c(C)cccc3C)cc2F)nc1-c1cccnc1F. The molecule has 0 unspecified atom stereocenters. The van der Waals surface area contributed by atoms with Crippen LogP contribution in [0.4, 0.5) is 26.1 Å². The van der Waals surface area contributed by atoms with Gasteiger partial charge in [-0.3, -0.25) is 4.79 Å². The molecule has 0 saturated carbocycles. The molecule has 0 bridgehead atoms. The molecule has 0 radical (unpaired) electrons. The van der Waals surface area contributed by atoms with Crippen LogP contribution in [-0.2, 0) is 0 Å². The predicted octanol–water partition coefficient (Wildman–Crippen LogP) is 6.15. The summed E-state index contributed by atoms with van der Waals surface area (Å²) in [6.07, 6.45) is 4.71. The van der Waals surface area contributed by atoms with Crippen molar-refractivity contribution in [2.75, 3.05) is 16.9 Å². The molecular weight excluding hydrogens is 456 g/mol. The molecule has 2 heterocycles. The van der Waals surface area contributed by atoms with E-state index in [0.717, 1.165) is 17.2 Å². The summed E-state index contributed by atoms with van der Waals surface area (Å²) in [5.74, 6) is -1.64. The number of amides is 1. The Morgan fingerprint density at radius 1 is 1.00 bits per heavy atom. The molecule has 4 rings (SSSR count). The summed E-state index contributed by atoms with van der Waals surface area (Å²) >= 11 is 1.36. The van der Waals surface area contributed by atoms with Gasteiger partial charge in [-0.1, -0.05) is 18.2 Å². The molecule has 9 heteroatoms. The molecule has 0 spiro atoms. The quantitative estimate of drug-likeness (QED) is 0.256. The lowest BCUT2D eigenvalue weighted by Gasteiger charge is -2.13. The molecule has 1 amide bonds. The van der Waals surface area contributed by atoms with Gasteiger partial charge in [-0.2, -0.15) is 4.39 Å². The van der Waals surface area contributed by atoms with Crippen molar-refractivity contribution in [2.24, 2.45) is 0 Å². The zero-order chi connectivity index (χ0) is 24.2. The summed E-state index contributed by atoms with van der Waals surface area (Å²) in [6, 6.07) is 13.0. The third-order valence-corrected chi connectivity index (χ3v) is 5.93. The van der Waals surface area contributed by atoms with Crippen LogP contribution >= 0.6 is 11.8 Å². The number of carbonyl (C=O) groups excluding carboxylic acids is 1. The third kappa shape index (κ3) is 4.89. The van der Waals surface area contributed by atoms with Gasteiger partial charge in [0.25, 0.3) is 5.91 Å². The van der Waals surface area contributed by atoms with Crippen molar-refractivity contribution in [3.8, 4) is 11.3 Å². The standard InChI is InChI=1S/C25H21F2N5OS/c1-14-6-4-7-15(2)21(14)31-24(33)16-9-10-19(18(26)12-16)30-25-29-13-20(34-3)22(32-25)17-8-5-11-28-23(17)27/h4-13H,1-3H3,(H,31,33)(H,29,30,32). The number of aromatic nitrogens is 3. The molecule has 2 aromatic carbocycles. The van der Waals surface area contributed by atoms with Gasteiger partial charge in [-0.25, -0.2) is 19.3 Å². The van der Waals surface area contributed by atoms with Crippen LogP contribution in [0.1, 0.15) is 21.5 Å². The highest BCUT2D eigenvalue weighted by Crippen LogP contribution is 2.31. The van der Waals surface area contributed by atoms with Crippen LogP contribution in [0, 0.1) is 25.6 Å². The maximum atomic E-state index is 14.9. The molecule has 0 aliphatic heterocycles. The highest BCUT2D eigenvalue weighted by Gasteiger charge is 2.16. The molecule has 0 aliphatic rings. The van der Waals surface area contributed by atoms with Crippen molar-refractivity contribution in [1.29, 1.82) is 0 Å². The monoisotopic (exact) mass is 477 g/mol. The minimum atomic E-state index is -0.659. The molecule has 172 valence electrons. The van der Waals surface area contributed by atoms with Crippen molar-refractivity contribution in [1.82, 2.24) is 15.0 Å². The highest BCUT2D eigenvalue weighted by molar-refractivity contribution is 7.98. The van der Waals surface area contributed by atoms with E-state index < -0.39 is 17.7 Å². The van der Waals surface area contributed by atoms with E-state index in [1.54, 1.807) is 12.1 Å². The zero-order valence-electron chi connectivity index (χ0n) is 18.7. The Hall–Kier alpha value is -3.85. The van der Waals surface area contributed by atoms with E-state index in [0.29, 0.717) is 16.3 Å². The fourth-order valence-electron chi connectivity index (χ4n) is 3.41. The number of aryl methyl sites for hydroxylation is 2. The smallest absolute Gasteiger partial charge is 0.255 e. The number of thioether (sulfide) groups is 1. The summed E-state index contributed by atoms with van der Waals surface area (Å²) in [5.41, 5.74) is 3.35. The average Bonchev–Trinajstić information content (AvgIpc) is 2.83. The van der Waals surface area contributed by atoms with E-state index in [2.05, 4.69) is 25.6 Å². The van der Waals surface area contributed by atoms with Crippen molar-refractivity contribution in [3.05, 3.63) is 89.4 Å². The second kappa shape index (κ2) is 9.96. The lowest BCUT2D eigenvalue weighted by molar-refractivity contribution is 0.102. The first kappa shape index (κ1) is 23.3. The van der Waals surface area contributed by atoms with Gasteiger partial charge >= 0.3 is 0 Å². The largest absolute Gasteiger partial charge is 0.322 e. The van der Waals surface area contributed by atoms with Crippen molar-refractivity contribution >= 4 is 35.0 Å². The van der Waals surface area contributed by atoms with Crippen LogP contribution in [0.5, 0.6) is 0 Å². The number of hydrogen-bond acceptors (Lipinski definition) is 6. The van der Waals surface area contributed by atoms with Gasteiger partial charge in [-0.15, -0.1) is 11.8 Å². The zero-order valence-corrected chi connectivity index (χ0v) is 19.5. The van der Waals surface area contributed by atoms with Gasteiger partial charge in [-0.05, 0) is 61.6 Å². The number of rotatable bonds is 6. The fourth-order valence-corrected chi connectivity index (χ4v) is 3.92. The fraction of sp³-hybridized carbons (Fsp3) is 0.120. The molecular formula is C25H21F2N5OS. The number of anilines is 3. The molecule has 0 saturated heterocycles. The average molecular weight is 478 g/mol. The molecule has 0 aliphatic carbocycles. The topological polar surface area (TPSA) is 79.8 Å². The van der Waals surface area contributed by atoms with E-state index in [-0.39, 0.29) is 22.8 Å². The van der Waals surface area contributed by atoms with Gasteiger partial charge in [0, 0.05) is 23.6 Å². The minimum absolute atomic E-state index is 0.0816. The van der Waals surface area contributed by atoms with Crippen molar-refractivity contribution < 1.29 is 13.6 Å². The molecule has 2 N–H and O–H groups in total. The number of nitrogens with zero attached hydrogens (tertiary/aromatic N) is 3. The van der Waals surface area contributed by atoms with E-state index in [4.69, 9.17) is 0 Å². The second-order valence-corrected chi connectivity index (χ2v) is 8.34. The number of carbonyl (C=O) groups is 1. The maximum absolute atomic E-state index is 14.9. The molecule has 34 heavy (non-hydrogen) atoms. The highest BCUT2D eigenvalue weighted by atomic mass is 32.2. The van der Waals surface area contributed by atoms with Crippen molar-refractivity contribution in [2.45, 2.75) is 18.7 Å². The summed E-state index contributed by atoms with van der Waals surface area (Å²) in [7, 11) is 0. The first-order chi connectivity index (χ1) is 16.4. The first-order valence-corrected chi connectivity index (χ1v) is 11.6. The normalized spacial score (nSPS) is 10.7. The van der Waals surface area contributed by atoms with E-state index >= 15 is 0 Å². The predicted molar refractivity (Wildman–Crippen MR) is 131 cm³/mol. The Bertz CT molecular complexity index is 1360. The Kier molecular flexibility index (Phi) is 6.83. The first-order valence-electron chi connectivity index (χ1n) is 10.3. The number of pyridine rings is 1. The van der Waals surface area contributed by atoms with Crippen LogP contribution < -0.4 is 10.6 Å². The van der Waals surface area contributed by atoms with Gasteiger partial charge in [0.15, 0.2) is 0 Å². The third-order valence-electron chi connectivity index (χ3n) is 5.19. The van der Waals surface area contributed by atoms with Crippen LogP contribution in [0.2, 0.25) is 0 Å². The lowest BCUT2D eigenvalue weighted by Crippen LogP contribution is -2.14. The molecule has 2 aromatic heterocycles. The van der Waals surface area contributed by atoms with Crippen LogP contribution in [0.3, 0.4) is 0 Å². The van der Waals surface area contributed by atoms with Gasteiger partial charge in [0.05, 0.1) is 21.8 Å². The maximum Gasteiger partial charge on any atom is 0.255 e. The van der Waals surface area contributed by atoms with Crippen LogP contribution in [-0.4, -0.2) is 27.1 Å². The lowest BCUT2D eigenvalue weighted by atomic mass is 10.1. The molecule has 4 aromatic rings. The van der Waals surface area contributed by atoms with Crippen molar-refractivity contribution in [3.63, 3.8) is 0 Å². The number of benzene rings is 2. The van der Waals surface area contributed by atoms with Crippen LogP contribution in [0.15, 0.2) is 65.8 Å². The number of hydrogen-bond donors (Lipinski definition) is 2. The molecule has 6 nitrogen and oxygen atoms in total. The Morgan fingerprint density at radius 2 is 1.76 bits per heavy atom. The number of nitrogens with one attached hydrogen (secondary N) is 2. The number of para-hydroxylation sites is 1. The molecule has 0 atom stereocenters. The number of halogens is 2. The van der Waals surface area contributed by atoms with Gasteiger partial charge in [0.2, 0.25) is 11.9 Å². The summed E-state index contributed by atoms with van der Waals surface area (Å²) in [6.45, 7) is 3.79. The van der Waals surface area contributed by atoms with E-state index in [1.807, 2.05) is 38.3 Å². The summed E-state index contributed by atoms with van der Waals surface area (Å²) < 4.78 is 29.1. The Balaban J connectivity index is 1.58. The Morgan fingerprint density at radius 3 is 2.44 bits per heavy atom. The van der Waals surface area contributed by atoms with Gasteiger partial charge < -0.3 is 10.6 Å². The summed E-state index contributed by atoms with van der Waals surface area (Å²) in [4.78, 5) is 25.6. The minimum Gasteiger partial charge on any atom is -0.322 e.